The van der Waals surface area contributed by atoms with E-state index < -0.39 is 17.7 Å². The van der Waals surface area contributed by atoms with Crippen molar-refractivity contribution in [3.63, 3.8) is 0 Å². The second kappa shape index (κ2) is 11.3. The fourth-order valence-electron chi connectivity index (χ4n) is 4.08. The zero-order valence-electron chi connectivity index (χ0n) is 21.8. The molecule has 3 rings (SSSR count). The average Bonchev–Trinajstić information content (AvgIpc) is 3.15. The Hall–Kier alpha value is -2.75. The summed E-state index contributed by atoms with van der Waals surface area (Å²) in [5.74, 6) is 1.89. The number of rotatable bonds is 7. The lowest BCUT2D eigenvalue weighted by molar-refractivity contribution is -0.135. The molecule has 2 aromatic heterocycles. The zero-order valence-corrected chi connectivity index (χ0v) is 22.7. The summed E-state index contributed by atoms with van der Waals surface area (Å²) < 4.78 is 5.38. The van der Waals surface area contributed by atoms with Gasteiger partial charge in [-0.15, -0.1) is 11.3 Å². The summed E-state index contributed by atoms with van der Waals surface area (Å²) in [7, 11) is 0. The van der Waals surface area contributed by atoms with Gasteiger partial charge in [-0.3, -0.25) is 4.79 Å². The van der Waals surface area contributed by atoms with Crippen molar-refractivity contribution in [3.05, 3.63) is 28.7 Å². The zero-order chi connectivity index (χ0) is 25.8. The molecule has 3 heterocycles. The average molecular weight is 503 g/mol. The van der Waals surface area contributed by atoms with Crippen LogP contribution in [0.15, 0.2) is 12.3 Å². The topological polar surface area (TPSA) is 109 Å². The highest BCUT2D eigenvalue weighted by molar-refractivity contribution is 7.15. The van der Waals surface area contributed by atoms with E-state index >= 15 is 0 Å². The molecule has 9 nitrogen and oxygen atoms in total. The van der Waals surface area contributed by atoms with Gasteiger partial charge in [-0.2, -0.15) is 0 Å². The molecule has 0 unspecified atom stereocenters. The SMILES string of the molecule is Cc1cc(Nc2ncc(C)s2)nc(C2CCN(C(=O)[C@@H](CC(C)C)NC(=O)OC(C)(C)C)CC2)n1. The van der Waals surface area contributed by atoms with E-state index in [1.165, 1.54) is 0 Å². The van der Waals surface area contributed by atoms with E-state index in [0.717, 1.165) is 40.2 Å². The number of aromatic nitrogens is 3. The predicted molar refractivity (Wildman–Crippen MR) is 138 cm³/mol. The number of ether oxygens (including phenoxy) is 1. The van der Waals surface area contributed by atoms with Gasteiger partial charge in [0.05, 0.1) is 0 Å². The summed E-state index contributed by atoms with van der Waals surface area (Å²) in [5.41, 5.74) is 0.274. The first kappa shape index (κ1) is 26.8. The number of nitrogens with one attached hydrogen (secondary N) is 2. The minimum Gasteiger partial charge on any atom is -0.444 e. The van der Waals surface area contributed by atoms with E-state index in [9.17, 15) is 9.59 Å². The number of nitrogens with zero attached hydrogens (tertiary/aromatic N) is 4. The van der Waals surface area contributed by atoms with Crippen LogP contribution in [0.5, 0.6) is 0 Å². The smallest absolute Gasteiger partial charge is 0.408 e. The van der Waals surface area contributed by atoms with Crippen LogP contribution < -0.4 is 10.6 Å². The van der Waals surface area contributed by atoms with E-state index in [0.29, 0.717) is 19.5 Å². The van der Waals surface area contributed by atoms with Crippen molar-refractivity contribution in [1.82, 2.24) is 25.2 Å². The van der Waals surface area contributed by atoms with E-state index in [1.54, 1.807) is 11.3 Å². The highest BCUT2D eigenvalue weighted by Gasteiger charge is 2.32. The number of thiazole rings is 1. The number of amides is 2. The Bertz CT molecular complexity index is 1020. The van der Waals surface area contributed by atoms with Crippen LogP contribution in [0.3, 0.4) is 0 Å². The standard InChI is InChI=1S/C25H38N6O3S/c1-15(2)12-19(28-24(33)34-25(5,6)7)22(32)31-10-8-18(9-11-31)21-27-16(3)13-20(29-21)30-23-26-14-17(4)35-23/h13-15,18-19H,8-12H2,1-7H3,(H,28,33)(H,26,27,29,30)/t19-/m1/s1. The third-order valence-corrected chi connectivity index (χ3v) is 6.42. The third kappa shape index (κ3) is 8.16. The van der Waals surface area contributed by atoms with Crippen LogP contribution in [-0.4, -0.2) is 56.6 Å². The van der Waals surface area contributed by atoms with Crippen molar-refractivity contribution in [2.75, 3.05) is 18.4 Å². The second-order valence-corrected chi connectivity index (χ2v) is 11.8. The number of likely N-dealkylation sites (tertiary alicyclic amines) is 1. The summed E-state index contributed by atoms with van der Waals surface area (Å²) in [4.78, 5) is 42.4. The molecule has 10 heteroatoms. The Morgan fingerprint density at radius 3 is 2.46 bits per heavy atom. The fourth-order valence-corrected chi connectivity index (χ4v) is 4.75. The molecule has 192 valence electrons. The van der Waals surface area contributed by atoms with E-state index in [4.69, 9.17) is 9.72 Å². The van der Waals surface area contributed by atoms with E-state index in [2.05, 4.69) is 20.6 Å². The maximum Gasteiger partial charge on any atom is 0.408 e. The third-order valence-electron chi connectivity index (χ3n) is 5.60. The normalized spacial score (nSPS) is 15.7. The molecule has 0 bridgehead atoms. The lowest BCUT2D eigenvalue weighted by Crippen LogP contribution is -2.52. The van der Waals surface area contributed by atoms with Crippen molar-refractivity contribution in [2.24, 2.45) is 5.92 Å². The Labute approximate surface area is 212 Å². The van der Waals surface area contributed by atoms with Gasteiger partial charge in [0.25, 0.3) is 0 Å². The number of alkyl carbamates (subject to hydrolysis) is 1. The van der Waals surface area contributed by atoms with Crippen LogP contribution in [0.4, 0.5) is 15.7 Å². The van der Waals surface area contributed by atoms with Crippen LogP contribution in [-0.2, 0) is 9.53 Å². The number of hydrogen-bond acceptors (Lipinski definition) is 8. The highest BCUT2D eigenvalue weighted by atomic mass is 32.1. The van der Waals surface area contributed by atoms with Crippen LogP contribution in [0.2, 0.25) is 0 Å². The molecule has 0 aliphatic carbocycles. The molecule has 0 spiro atoms. The number of carbonyl (C=O) groups excluding carboxylic acids is 2. The first-order chi connectivity index (χ1) is 16.4. The predicted octanol–water partition coefficient (Wildman–Crippen LogP) is 4.94. The molecule has 1 aliphatic heterocycles. The minimum absolute atomic E-state index is 0.0605. The van der Waals surface area contributed by atoms with Crippen molar-refractivity contribution in [3.8, 4) is 0 Å². The number of piperidine rings is 1. The highest BCUT2D eigenvalue weighted by Crippen LogP contribution is 2.28. The van der Waals surface area contributed by atoms with Crippen LogP contribution in [0, 0.1) is 19.8 Å². The van der Waals surface area contributed by atoms with Crippen molar-refractivity contribution in [2.45, 2.75) is 85.3 Å². The van der Waals surface area contributed by atoms with Crippen molar-refractivity contribution < 1.29 is 14.3 Å². The molecule has 0 saturated carbocycles. The van der Waals surface area contributed by atoms with Gasteiger partial charge in [-0.1, -0.05) is 13.8 Å². The molecule has 1 aliphatic rings. The summed E-state index contributed by atoms with van der Waals surface area (Å²) >= 11 is 1.58. The maximum atomic E-state index is 13.3. The largest absolute Gasteiger partial charge is 0.444 e. The van der Waals surface area contributed by atoms with Crippen LogP contribution in [0.25, 0.3) is 0 Å². The lowest BCUT2D eigenvalue weighted by Gasteiger charge is -2.34. The maximum absolute atomic E-state index is 13.3. The number of anilines is 2. The number of hydrogen-bond donors (Lipinski definition) is 2. The summed E-state index contributed by atoms with van der Waals surface area (Å²) in [6.45, 7) is 14.7. The Balaban J connectivity index is 1.63. The second-order valence-electron chi connectivity index (χ2n) is 10.6. The van der Waals surface area contributed by atoms with Gasteiger partial charge in [0.1, 0.15) is 23.3 Å². The summed E-state index contributed by atoms with van der Waals surface area (Å²) in [6.07, 6.45) is 3.37. The first-order valence-corrected chi connectivity index (χ1v) is 13.0. The van der Waals surface area contributed by atoms with Gasteiger partial charge in [0, 0.05) is 41.8 Å². The molecule has 0 radical (unpaired) electrons. The quantitative estimate of drug-likeness (QED) is 0.552. The molecule has 2 N–H and O–H groups in total. The van der Waals surface area contributed by atoms with Gasteiger partial charge < -0.3 is 20.3 Å². The first-order valence-electron chi connectivity index (χ1n) is 12.2. The number of carbonyl (C=O) groups is 2. The van der Waals surface area contributed by atoms with Gasteiger partial charge in [-0.25, -0.2) is 19.7 Å². The Kier molecular flexibility index (Phi) is 8.69. The molecule has 1 saturated heterocycles. The van der Waals surface area contributed by atoms with Crippen molar-refractivity contribution in [1.29, 1.82) is 0 Å². The number of aryl methyl sites for hydroxylation is 2. The fraction of sp³-hybridized carbons (Fsp3) is 0.640. The van der Waals surface area contributed by atoms with Gasteiger partial charge in [0.15, 0.2) is 5.13 Å². The van der Waals surface area contributed by atoms with E-state index in [-0.39, 0.29) is 17.7 Å². The van der Waals surface area contributed by atoms with Crippen LogP contribution in [0.1, 0.15) is 76.2 Å². The lowest BCUT2D eigenvalue weighted by atomic mass is 9.94. The summed E-state index contributed by atoms with van der Waals surface area (Å²) in [5, 5.41) is 6.88. The van der Waals surface area contributed by atoms with Gasteiger partial charge in [0.2, 0.25) is 5.91 Å². The molecule has 2 amide bonds. The van der Waals surface area contributed by atoms with Crippen molar-refractivity contribution >= 4 is 34.3 Å². The molecule has 1 atom stereocenters. The Morgan fingerprint density at radius 2 is 1.89 bits per heavy atom. The molecular weight excluding hydrogens is 464 g/mol. The van der Waals surface area contributed by atoms with E-state index in [1.807, 2.05) is 65.6 Å². The summed E-state index contributed by atoms with van der Waals surface area (Å²) in [6, 6.07) is 1.31. The molecule has 35 heavy (non-hydrogen) atoms. The minimum atomic E-state index is -0.617. The molecule has 0 aromatic carbocycles. The van der Waals surface area contributed by atoms with Crippen LogP contribution >= 0.6 is 11.3 Å². The molecular formula is C25H38N6O3S. The van der Waals surface area contributed by atoms with Gasteiger partial charge in [-0.05, 0) is 59.8 Å². The molecule has 2 aromatic rings. The molecule has 1 fully saturated rings. The monoisotopic (exact) mass is 502 g/mol. The van der Waals surface area contributed by atoms with Gasteiger partial charge >= 0.3 is 6.09 Å². The Morgan fingerprint density at radius 1 is 1.20 bits per heavy atom.